The molecule has 5 heteroatoms. The number of aryl methyl sites for hydroxylation is 1. The monoisotopic (exact) mass is 302 g/mol. The zero-order valence-corrected chi connectivity index (χ0v) is 12.9. The molecule has 110 valence electrons. The maximum Gasteiger partial charge on any atom is 0.251 e. The number of carbonyl (C=O) groups excluding carboxylic acids is 2. The number of nitrogens with two attached hydrogens (primary N) is 1. The zero-order valence-electron chi connectivity index (χ0n) is 12.1. The highest BCUT2D eigenvalue weighted by atomic mass is 32.1. The van der Waals surface area contributed by atoms with Crippen LogP contribution < -0.4 is 11.1 Å². The summed E-state index contributed by atoms with van der Waals surface area (Å²) < 4.78 is 0. The number of thiophene rings is 1. The van der Waals surface area contributed by atoms with Gasteiger partial charge in [0, 0.05) is 33.3 Å². The molecule has 0 fully saturated rings. The Kier molecular flexibility index (Phi) is 4.75. The lowest BCUT2D eigenvalue weighted by Crippen LogP contribution is -2.34. The Hall–Kier alpha value is -2.14. The number of hydrogen-bond acceptors (Lipinski definition) is 3. The number of nitrogens with one attached hydrogen (secondary N) is 1. The van der Waals surface area contributed by atoms with Crippen LogP contribution in [-0.4, -0.2) is 17.9 Å². The van der Waals surface area contributed by atoms with Crippen LogP contribution >= 0.6 is 11.3 Å². The number of rotatable bonds is 5. The van der Waals surface area contributed by atoms with Crippen LogP contribution in [-0.2, 0) is 6.42 Å². The minimum Gasteiger partial charge on any atom is -0.366 e. The van der Waals surface area contributed by atoms with Crippen LogP contribution in [0.5, 0.6) is 0 Å². The second kappa shape index (κ2) is 6.54. The maximum atomic E-state index is 12.2. The molecule has 0 bridgehead atoms. The van der Waals surface area contributed by atoms with Crippen LogP contribution in [0.2, 0.25) is 0 Å². The molecule has 0 spiro atoms. The van der Waals surface area contributed by atoms with Crippen LogP contribution in [0.25, 0.3) is 0 Å². The van der Waals surface area contributed by atoms with E-state index in [1.54, 1.807) is 29.5 Å². The summed E-state index contributed by atoms with van der Waals surface area (Å²) in [5.41, 5.74) is 6.00. The van der Waals surface area contributed by atoms with Gasteiger partial charge in [0.25, 0.3) is 5.91 Å². The average molecular weight is 302 g/mol. The first-order valence-corrected chi connectivity index (χ1v) is 7.53. The Morgan fingerprint density at radius 3 is 2.57 bits per heavy atom. The molecule has 3 N–H and O–H groups in total. The Morgan fingerprint density at radius 1 is 1.24 bits per heavy atom. The van der Waals surface area contributed by atoms with Gasteiger partial charge in [-0.15, -0.1) is 11.3 Å². The fourth-order valence-corrected chi connectivity index (χ4v) is 3.09. The van der Waals surface area contributed by atoms with Gasteiger partial charge in [-0.25, -0.2) is 0 Å². The molecule has 21 heavy (non-hydrogen) atoms. The van der Waals surface area contributed by atoms with E-state index in [1.165, 1.54) is 15.8 Å². The van der Waals surface area contributed by atoms with Gasteiger partial charge in [-0.05, 0) is 44.2 Å². The number of amides is 2. The molecule has 1 aromatic carbocycles. The minimum absolute atomic E-state index is 0.0211. The summed E-state index contributed by atoms with van der Waals surface area (Å²) in [5, 5.41) is 2.94. The molecule has 1 heterocycles. The first-order valence-electron chi connectivity index (χ1n) is 6.72. The van der Waals surface area contributed by atoms with Crippen molar-refractivity contribution in [2.24, 2.45) is 5.73 Å². The van der Waals surface area contributed by atoms with Gasteiger partial charge >= 0.3 is 0 Å². The molecule has 2 rings (SSSR count). The molecule has 1 unspecified atom stereocenters. The van der Waals surface area contributed by atoms with Crippen LogP contribution in [0, 0.1) is 6.92 Å². The molecule has 0 aliphatic heterocycles. The predicted molar refractivity (Wildman–Crippen MR) is 84.6 cm³/mol. The van der Waals surface area contributed by atoms with Gasteiger partial charge in [0.1, 0.15) is 0 Å². The fraction of sp³-hybridized carbons (Fsp3) is 0.250. The van der Waals surface area contributed by atoms with Crippen molar-refractivity contribution in [3.8, 4) is 0 Å². The minimum atomic E-state index is -0.535. The van der Waals surface area contributed by atoms with Gasteiger partial charge in [-0.1, -0.05) is 6.07 Å². The van der Waals surface area contributed by atoms with Gasteiger partial charge in [0.05, 0.1) is 0 Å². The summed E-state index contributed by atoms with van der Waals surface area (Å²) in [7, 11) is 0. The van der Waals surface area contributed by atoms with Crippen molar-refractivity contribution < 1.29 is 9.59 Å². The van der Waals surface area contributed by atoms with E-state index >= 15 is 0 Å². The Bertz CT molecular complexity index is 664. The van der Waals surface area contributed by atoms with Crippen molar-refractivity contribution in [2.45, 2.75) is 26.3 Å². The van der Waals surface area contributed by atoms with Gasteiger partial charge < -0.3 is 11.1 Å². The molecule has 2 amide bonds. The van der Waals surface area contributed by atoms with Crippen LogP contribution in [0.3, 0.4) is 0 Å². The second-order valence-corrected chi connectivity index (χ2v) is 6.41. The van der Waals surface area contributed by atoms with E-state index in [0.29, 0.717) is 11.1 Å². The molecular formula is C16H18N2O2S. The first kappa shape index (κ1) is 15.3. The smallest absolute Gasteiger partial charge is 0.251 e. The van der Waals surface area contributed by atoms with Crippen molar-refractivity contribution in [3.05, 3.63) is 57.3 Å². The summed E-state index contributed by atoms with van der Waals surface area (Å²) in [6, 6.07) is 10.6. The largest absolute Gasteiger partial charge is 0.366 e. The molecule has 0 aliphatic rings. The molecule has 1 aromatic heterocycles. The molecule has 0 aliphatic carbocycles. The Labute approximate surface area is 128 Å². The summed E-state index contributed by atoms with van der Waals surface area (Å²) >= 11 is 1.73. The topological polar surface area (TPSA) is 72.2 Å². The Morgan fingerprint density at radius 2 is 1.95 bits per heavy atom. The van der Waals surface area contributed by atoms with Crippen LogP contribution in [0.15, 0.2) is 36.4 Å². The second-order valence-electron chi connectivity index (χ2n) is 5.04. The summed E-state index contributed by atoms with van der Waals surface area (Å²) in [6.45, 7) is 4.03. The SMILES string of the molecule is Cc1ccc(CC(C)NC(=O)c2cccc(C(N)=O)c2)s1. The van der Waals surface area contributed by atoms with Crippen molar-refractivity contribution in [1.82, 2.24) is 5.32 Å². The summed E-state index contributed by atoms with van der Waals surface area (Å²) in [5.74, 6) is -0.731. The number of benzene rings is 1. The third-order valence-corrected chi connectivity index (χ3v) is 4.11. The lowest BCUT2D eigenvalue weighted by atomic mass is 10.1. The third-order valence-electron chi connectivity index (χ3n) is 3.09. The predicted octanol–water partition coefficient (Wildman–Crippen LogP) is 2.52. The average Bonchev–Trinajstić information content (AvgIpc) is 2.83. The van der Waals surface area contributed by atoms with E-state index in [9.17, 15) is 9.59 Å². The lowest BCUT2D eigenvalue weighted by molar-refractivity contribution is 0.0940. The lowest BCUT2D eigenvalue weighted by Gasteiger charge is -2.13. The van der Waals surface area contributed by atoms with Crippen molar-refractivity contribution in [1.29, 1.82) is 0 Å². The zero-order chi connectivity index (χ0) is 15.4. The molecular weight excluding hydrogens is 284 g/mol. The molecule has 1 atom stereocenters. The van der Waals surface area contributed by atoms with E-state index in [-0.39, 0.29) is 11.9 Å². The highest BCUT2D eigenvalue weighted by Crippen LogP contribution is 2.17. The molecule has 0 saturated heterocycles. The normalized spacial score (nSPS) is 11.9. The maximum absolute atomic E-state index is 12.2. The first-order chi connectivity index (χ1) is 9.95. The van der Waals surface area contributed by atoms with Crippen LogP contribution in [0.4, 0.5) is 0 Å². The molecule has 4 nitrogen and oxygen atoms in total. The van der Waals surface area contributed by atoms with Gasteiger partial charge in [-0.3, -0.25) is 9.59 Å². The van der Waals surface area contributed by atoms with Gasteiger partial charge in [0.2, 0.25) is 5.91 Å². The highest BCUT2D eigenvalue weighted by Gasteiger charge is 2.12. The highest BCUT2D eigenvalue weighted by molar-refractivity contribution is 7.11. The van der Waals surface area contributed by atoms with Crippen molar-refractivity contribution in [2.75, 3.05) is 0 Å². The van der Waals surface area contributed by atoms with Crippen molar-refractivity contribution in [3.63, 3.8) is 0 Å². The van der Waals surface area contributed by atoms with Gasteiger partial charge in [-0.2, -0.15) is 0 Å². The van der Waals surface area contributed by atoms with Crippen molar-refractivity contribution >= 4 is 23.2 Å². The number of hydrogen-bond donors (Lipinski definition) is 2. The van der Waals surface area contributed by atoms with E-state index in [4.69, 9.17) is 5.73 Å². The fourth-order valence-electron chi connectivity index (χ4n) is 2.07. The standard InChI is InChI=1S/C16H18N2O2S/c1-10(8-14-7-6-11(2)21-14)18-16(20)13-5-3-4-12(9-13)15(17)19/h3-7,9-10H,8H2,1-2H3,(H2,17,19)(H,18,20). The third kappa shape index (κ3) is 4.16. The quantitative estimate of drug-likeness (QED) is 0.890. The van der Waals surface area contributed by atoms with Crippen LogP contribution in [0.1, 0.15) is 37.4 Å². The summed E-state index contributed by atoms with van der Waals surface area (Å²) in [6.07, 6.45) is 0.791. The number of primary amides is 1. The number of carbonyl (C=O) groups is 2. The molecule has 0 radical (unpaired) electrons. The van der Waals surface area contributed by atoms with E-state index in [1.807, 2.05) is 6.92 Å². The molecule has 2 aromatic rings. The molecule has 0 saturated carbocycles. The summed E-state index contributed by atoms with van der Waals surface area (Å²) in [4.78, 5) is 25.8. The van der Waals surface area contributed by atoms with E-state index < -0.39 is 5.91 Å². The van der Waals surface area contributed by atoms with E-state index in [2.05, 4.69) is 24.4 Å². The van der Waals surface area contributed by atoms with Gasteiger partial charge in [0.15, 0.2) is 0 Å². The van der Waals surface area contributed by atoms with E-state index in [0.717, 1.165) is 6.42 Å². The Balaban J connectivity index is 2.00.